The van der Waals surface area contributed by atoms with E-state index in [1.165, 1.54) is 12.8 Å². The fourth-order valence-electron chi connectivity index (χ4n) is 1.61. The van der Waals surface area contributed by atoms with Crippen molar-refractivity contribution >= 4 is 15.9 Å². The van der Waals surface area contributed by atoms with Crippen LogP contribution in [0.1, 0.15) is 32.3 Å². The van der Waals surface area contributed by atoms with E-state index in [0.717, 1.165) is 28.3 Å². The number of hydrogen-bond acceptors (Lipinski definition) is 2. The molecule has 0 aliphatic heterocycles. The van der Waals surface area contributed by atoms with Crippen molar-refractivity contribution in [3.05, 3.63) is 28.2 Å². The van der Waals surface area contributed by atoms with Gasteiger partial charge in [0.15, 0.2) is 0 Å². The molecular formula is C13H18BrNO. The summed E-state index contributed by atoms with van der Waals surface area (Å²) in [6.45, 7) is 4.82. The maximum atomic E-state index is 6.11. The van der Waals surface area contributed by atoms with Crippen LogP contribution in [0.15, 0.2) is 22.7 Å². The quantitative estimate of drug-likeness (QED) is 0.919. The first-order chi connectivity index (χ1) is 7.48. The molecule has 2 nitrogen and oxygen atoms in total. The highest BCUT2D eigenvalue weighted by molar-refractivity contribution is 9.10. The lowest BCUT2D eigenvalue weighted by atomic mass is 9.95. The van der Waals surface area contributed by atoms with Crippen LogP contribution in [0.4, 0.5) is 0 Å². The van der Waals surface area contributed by atoms with Crippen molar-refractivity contribution in [3.63, 3.8) is 0 Å². The molecule has 0 radical (unpaired) electrons. The second kappa shape index (κ2) is 4.38. The molecule has 2 N–H and O–H groups in total. The zero-order valence-corrected chi connectivity index (χ0v) is 11.4. The van der Waals surface area contributed by atoms with Gasteiger partial charge < -0.3 is 10.5 Å². The Balaban J connectivity index is 2.17. The van der Waals surface area contributed by atoms with Gasteiger partial charge in [0, 0.05) is 5.54 Å². The fraction of sp³-hybridized carbons (Fsp3) is 0.538. The monoisotopic (exact) mass is 283 g/mol. The molecule has 3 heteroatoms. The summed E-state index contributed by atoms with van der Waals surface area (Å²) < 4.78 is 6.78. The SMILES string of the molecule is CC(C)(N)c1cccc(OCC2CC2)c1Br. The average Bonchev–Trinajstić information content (AvgIpc) is 2.98. The molecule has 1 saturated carbocycles. The summed E-state index contributed by atoms with van der Waals surface area (Å²) in [7, 11) is 0. The van der Waals surface area contributed by atoms with Crippen LogP contribution in [0.2, 0.25) is 0 Å². The van der Waals surface area contributed by atoms with Crippen molar-refractivity contribution in [1.29, 1.82) is 0 Å². The summed E-state index contributed by atoms with van der Waals surface area (Å²) in [5.41, 5.74) is 6.84. The van der Waals surface area contributed by atoms with E-state index in [0.29, 0.717) is 0 Å². The van der Waals surface area contributed by atoms with Gasteiger partial charge in [-0.25, -0.2) is 0 Å². The van der Waals surface area contributed by atoms with Crippen LogP contribution >= 0.6 is 15.9 Å². The van der Waals surface area contributed by atoms with Gasteiger partial charge in [0.05, 0.1) is 11.1 Å². The van der Waals surface area contributed by atoms with E-state index in [4.69, 9.17) is 10.5 Å². The number of benzene rings is 1. The molecule has 0 amide bonds. The van der Waals surface area contributed by atoms with E-state index in [1.54, 1.807) is 0 Å². The molecule has 0 heterocycles. The molecule has 88 valence electrons. The summed E-state index contributed by atoms with van der Waals surface area (Å²) >= 11 is 3.58. The lowest BCUT2D eigenvalue weighted by molar-refractivity contribution is 0.297. The average molecular weight is 284 g/mol. The minimum absolute atomic E-state index is 0.349. The Morgan fingerprint density at radius 1 is 1.44 bits per heavy atom. The van der Waals surface area contributed by atoms with Gasteiger partial charge in [-0.2, -0.15) is 0 Å². The highest BCUT2D eigenvalue weighted by Gasteiger charge is 2.24. The van der Waals surface area contributed by atoms with Crippen molar-refractivity contribution in [2.24, 2.45) is 11.7 Å². The largest absolute Gasteiger partial charge is 0.492 e. The predicted octanol–water partition coefficient (Wildman–Crippen LogP) is 3.43. The molecule has 1 aromatic rings. The normalized spacial score (nSPS) is 16.2. The third-order valence-corrected chi connectivity index (χ3v) is 3.65. The molecule has 0 atom stereocenters. The summed E-state index contributed by atoms with van der Waals surface area (Å²) in [6.07, 6.45) is 2.61. The van der Waals surface area contributed by atoms with Crippen LogP contribution in [0.25, 0.3) is 0 Å². The molecule has 1 fully saturated rings. The second-order valence-electron chi connectivity index (χ2n) is 5.09. The maximum Gasteiger partial charge on any atom is 0.133 e. The van der Waals surface area contributed by atoms with Crippen molar-refractivity contribution < 1.29 is 4.74 Å². The van der Waals surface area contributed by atoms with Gasteiger partial charge in [0.1, 0.15) is 5.75 Å². The molecule has 0 aromatic heterocycles. The smallest absolute Gasteiger partial charge is 0.133 e. The number of ether oxygens (including phenoxy) is 1. The Bertz CT molecular complexity index is 380. The van der Waals surface area contributed by atoms with E-state index >= 15 is 0 Å². The van der Waals surface area contributed by atoms with Gasteiger partial charge in [-0.05, 0) is 60.2 Å². The summed E-state index contributed by atoms with van der Waals surface area (Å²) in [5.74, 6) is 1.67. The fourth-order valence-corrected chi connectivity index (χ4v) is 2.50. The molecule has 1 aromatic carbocycles. The molecular weight excluding hydrogens is 266 g/mol. The van der Waals surface area contributed by atoms with Gasteiger partial charge >= 0.3 is 0 Å². The first-order valence-electron chi connectivity index (χ1n) is 5.69. The number of hydrogen-bond donors (Lipinski definition) is 1. The molecule has 16 heavy (non-hydrogen) atoms. The first kappa shape index (κ1) is 11.9. The van der Waals surface area contributed by atoms with E-state index < -0.39 is 0 Å². The van der Waals surface area contributed by atoms with Crippen LogP contribution in [0.5, 0.6) is 5.75 Å². The van der Waals surface area contributed by atoms with Gasteiger partial charge in [-0.1, -0.05) is 12.1 Å². The van der Waals surface area contributed by atoms with Crippen molar-refractivity contribution in [1.82, 2.24) is 0 Å². The van der Waals surface area contributed by atoms with Crippen LogP contribution < -0.4 is 10.5 Å². The minimum Gasteiger partial charge on any atom is -0.492 e. The minimum atomic E-state index is -0.349. The second-order valence-corrected chi connectivity index (χ2v) is 5.89. The van der Waals surface area contributed by atoms with E-state index in [1.807, 2.05) is 32.0 Å². The molecule has 2 rings (SSSR count). The Kier molecular flexibility index (Phi) is 3.27. The van der Waals surface area contributed by atoms with Crippen molar-refractivity contribution in [2.75, 3.05) is 6.61 Å². The number of nitrogens with two attached hydrogens (primary N) is 1. The highest BCUT2D eigenvalue weighted by Crippen LogP contribution is 2.36. The molecule has 0 spiro atoms. The Labute approximate surface area is 105 Å². The van der Waals surface area contributed by atoms with Gasteiger partial charge in [-0.15, -0.1) is 0 Å². The van der Waals surface area contributed by atoms with E-state index in [-0.39, 0.29) is 5.54 Å². The first-order valence-corrected chi connectivity index (χ1v) is 6.48. The Hall–Kier alpha value is -0.540. The van der Waals surface area contributed by atoms with Gasteiger partial charge in [0.25, 0.3) is 0 Å². The predicted molar refractivity (Wildman–Crippen MR) is 69.6 cm³/mol. The Morgan fingerprint density at radius 3 is 2.69 bits per heavy atom. The van der Waals surface area contributed by atoms with Crippen molar-refractivity contribution in [3.8, 4) is 5.75 Å². The van der Waals surface area contributed by atoms with Crippen LogP contribution in [-0.2, 0) is 5.54 Å². The van der Waals surface area contributed by atoms with Crippen LogP contribution in [0, 0.1) is 5.92 Å². The van der Waals surface area contributed by atoms with Crippen molar-refractivity contribution in [2.45, 2.75) is 32.2 Å². The summed E-state index contributed by atoms with van der Waals surface area (Å²) in [6, 6.07) is 6.02. The standard InChI is InChI=1S/C13H18BrNO/c1-13(2,15)10-4-3-5-11(12(10)14)16-8-9-6-7-9/h3-5,9H,6-8,15H2,1-2H3. The third kappa shape index (κ3) is 2.77. The highest BCUT2D eigenvalue weighted by atomic mass is 79.9. The zero-order chi connectivity index (χ0) is 11.8. The zero-order valence-electron chi connectivity index (χ0n) is 9.79. The molecule has 0 bridgehead atoms. The van der Waals surface area contributed by atoms with E-state index in [2.05, 4.69) is 15.9 Å². The van der Waals surface area contributed by atoms with Gasteiger partial charge in [-0.3, -0.25) is 0 Å². The number of halogens is 1. The Morgan fingerprint density at radius 2 is 2.12 bits per heavy atom. The third-order valence-electron chi connectivity index (χ3n) is 2.83. The lowest BCUT2D eigenvalue weighted by Gasteiger charge is -2.22. The molecule has 1 aliphatic carbocycles. The molecule has 1 aliphatic rings. The van der Waals surface area contributed by atoms with E-state index in [9.17, 15) is 0 Å². The number of rotatable bonds is 4. The lowest BCUT2D eigenvalue weighted by Crippen LogP contribution is -2.29. The van der Waals surface area contributed by atoms with Crippen LogP contribution in [0.3, 0.4) is 0 Å². The molecule has 0 saturated heterocycles. The topological polar surface area (TPSA) is 35.2 Å². The van der Waals surface area contributed by atoms with Gasteiger partial charge in [0.2, 0.25) is 0 Å². The van der Waals surface area contributed by atoms with Crippen LogP contribution in [-0.4, -0.2) is 6.61 Å². The molecule has 0 unspecified atom stereocenters. The maximum absolute atomic E-state index is 6.11. The summed E-state index contributed by atoms with van der Waals surface area (Å²) in [4.78, 5) is 0. The summed E-state index contributed by atoms with van der Waals surface area (Å²) in [5, 5.41) is 0.